The van der Waals surface area contributed by atoms with Gasteiger partial charge in [-0.2, -0.15) is 0 Å². The molecule has 3 amide bonds. The van der Waals surface area contributed by atoms with Gasteiger partial charge in [-0.15, -0.1) is 0 Å². The van der Waals surface area contributed by atoms with Crippen molar-refractivity contribution in [3.05, 3.63) is 54.1 Å². The molecule has 34 heavy (non-hydrogen) atoms. The van der Waals surface area contributed by atoms with Gasteiger partial charge in [0.05, 0.1) is 23.4 Å². The van der Waals surface area contributed by atoms with Crippen LogP contribution in [0.15, 0.2) is 48.5 Å². The summed E-state index contributed by atoms with van der Waals surface area (Å²) in [5.74, 6) is -0.623. The number of ether oxygens (including phenoxy) is 1. The Bertz CT molecular complexity index is 1180. The molecular formula is C27H26N2O5. The van der Waals surface area contributed by atoms with Crippen molar-refractivity contribution in [2.45, 2.75) is 32.6 Å². The summed E-state index contributed by atoms with van der Waals surface area (Å²) in [4.78, 5) is 54.3. The molecule has 2 saturated heterocycles. The summed E-state index contributed by atoms with van der Waals surface area (Å²) in [7, 11) is 0. The molecule has 2 heterocycles. The molecule has 4 aliphatic rings. The van der Waals surface area contributed by atoms with E-state index in [9.17, 15) is 19.2 Å². The lowest BCUT2D eigenvalue weighted by molar-refractivity contribution is -0.139. The van der Waals surface area contributed by atoms with E-state index in [-0.39, 0.29) is 42.5 Å². The van der Waals surface area contributed by atoms with Crippen LogP contribution in [0.5, 0.6) is 5.75 Å². The Morgan fingerprint density at radius 3 is 2.21 bits per heavy atom. The van der Waals surface area contributed by atoms with Crippen LogP contribution < -0.4 is 14.5 Å². The Morgan fingerprint density at radius 1 is 0.912 bits per heavy atom. The lowest BCUT2D eigenvalue weighted by Gasteiger charge is -2.19. The number of anilines is 2. The number of hydrogen-bond acceptors (Lipinski definition) is 5. The van der Waals surface area contributed by atoms with E-state index in [1.807, 2.05) is 31.2 Å². The second-order valence-electron chi connectivity index (χ2n) is 10.0. The predicted octanol–water partition coefficient (Wildman–Crippen LogP) is 3.49. The fraction of sp³-hybridized carbons (Fsp3) is 0.407. The molecule has 7 heteroatoms. The van der Waals surface area contributed by atoms with E-state index >= 15 is 0 Å². The minimum atomic E-state index is -0.552. The number of hydrogen-bond donors (Lipinski definition) is 0. The summed E-state index contributed by atoms with van der Waals surface area (Å²) in [6, 6.07) is 14.1. The Hall–Kier alpha value is -3.48. The normalized spacial score (nSPS) is 29.8. The first-order valence-electron chi connectivity index (χ1n) is 12.0. The molecule has 6 rings (SSSR count). The molecule has 2 aromatic carbocycles. The van der Waals surface area contributed by atoms with Gasteiger partial charge >= 0.3 is 5.97 Å². The van der Waals surface area contributed by atoms with Gasteiger partial charge in [-0.1, -0.05) is 18.2 Å². The maximum absolute atomic E-state index is 13.0. The summed E-state index contributed by atoms with van der Waals surface area (Å²) < 4.78 is 5.54. The maximum Gasteiger partial charge on any atom is 0.316 e. The molecular weight excluding hydrogens is 432 g/mol. The summed E-state index contributed by atoms with van der Waals surface area (Å²) in [6.45, 7) is 2.21. The van der Waals surface area contributed by atoms with Gasteiger partial charge in [-0.05, 0) is 73.9 Å². The largest absolute Gasteiger partial charge is 0.426 e. The molecule has 5 atom stereocenters. The molecule has 2 aromatic rings. The van der Waals surface area contributed by atoms with Gasteiger partial charge in [-0.25, -0.2) is 0 Å². The Kier molecular flexibility index (Phi) is 4.83. The van der Waals surface area contributed by atoms with E-state index in [4.69, 9.17) is 4.74 Å². The zero-order chi connectivity index (χ0) is 23.6. The third-order valence-electron chi connectivity index (χ3n) is 8.11. The first-order chi connectivity index (χ1) is 16.4. The molecule has 4 fully saturated rings. The summed E-state index contributed by atoms with van der Waals surface area (Å²) >= 11 is 0. The maximum atomic E-state index is 13.0. The Labute approximate surface area is 197 Å². The number of carbonyl (C=O) groups excluding carboxylic acids is 4. The van der Waals surface area contributed by atoms with E-state index in [1.165, 1.54) is 4.90 Å². The van der Waals surface area contributed by atoms with E-state index in [0.717, 1.165) is 30.5 Å². The van der Waals surface area contributed by atoms with E-state index < -0.39 is 11.9 Å². The Morgan fingerprint density at radius 2 is 1.56 bits per heavy atom. The topological polar surface area (TPSA) is 84.0 Å². The average Bonchev–Trinajstić information content (AvgIpc) is 3.59. The number of carbonyl (C=O) groups is 4. The van der Waals surface area contributed by atoms with Crippen molar-refractivity contribution in [3.8, 4) is 5.75 Å². The predicted molar refractivity (Wildman–Crippen MR) is 124 cm³/mol. The van der Waals surface area contributed by atoms with E-state index in [1.54, 1.807) is 29.2 Å². The van der Waals surface area contributed by atoms with Crippen molar-refractivity contribution < 1.29 is 23.9 Å². The van der Waals surface area contributed by atoms with Crippen molar-refractivity contribution in [1.29, 1.82) is 0 Å². The van der Waals surface area contributed by atoms with Crippen LogP contribution in [0.2, 0.25) is 0 Å². The molecule has 2 saturated carbocycles. The number of para-hydroxylation sites is 1. The minimum Gasteiger partial charge on any atom is -0.426 e. The van der Waals surface area contributed by atoms with Crippen molar-refractivity contribution in [1.82, 2.24) is 0 Å². The molecule has 2 aliphatic carbocycles. The highest BCUT2D eigenvalue weighted by atomic mass is 16.5. The highest BCUT2D eigenvalue weighted by Gasteiger charge is 2.61. The van der Waals surface area contributed by atoms with Crippen molar-refractivity contribution in [3.63, 3.8) is 0 Å². The number of rotatable bonds is 4. The molecule has 0 radical (unpaired) electrons. The quantitative estimate of drug-likeness (QED) is 0.398. The van der Waals surface area contributed by atoms with Crippen LogP contribution in [0, 0.1) is 36.5 Å². The zero-order valence-corrected chi connectivity index (χ0v) is 19.0. The number of amides is 3. The van der Waals surface area contributed by atoms with Crippen molar-refractivity contribution >= 4 is 35.1 Å². The average molecular weight is 459 g/mol. The molecule has 2 bridgehead atoms. The number of imide groups is 1. The number of fused-ring (bicyclic) bond motifs is 5. The number of aryl methyl sites for hydroxylation is 1. The van der Waals surface area contributed by atoms with Crippen LogP contribution in [0.3, 0.4) is 0 Å². The fourth-order valence-corrected chi connectivity index (χ4v) is 6.49. The minimum absolute atomic E-state index is 0.0901. The third kappa shape index (κ3) is 3.17. The van der Waals surface area contributed by atoms with Gasteiger partial charge < -0.3 is 9.64 Å². The van der Waals surface area contributed by atoms with Gasteiger partial charge in [0.25, 0.3) is 0 Å². The molecule has 0 aromatic heterocycles. The second-order valence-corrected chi connectivity index (χ2v) is 10.0. The van der Waals surface area contributed by atoms with Crippen LogP contribution in [-0.2, 0) is 19.2 Å². The van der Waals surface area contributed by atoms with Gasteiger partial charge in [0.15, 0.2) is 0 Å². The lowest BCUT2D eigenvalue weighted by atomic mass is 9.81. The number of esters is 1. The second kappa shape index (κ2) is 7.79. The fourth-order valence-electron chi connectivity index (χ4n) is 6.49. The molecule has 174 valence electrons. The van der Waals surface area contributed by atoms with Crippen LogP contribution in [0.25, 0.3) is 0 Å². The molecule has 7 nitrogen and oxygen atoms in total. The molecule has 0 N–H and O–H groups in total. The van der Waals surface area contributed by atoms with E-state index in [2.05, 4.69) is 0 Å². The zero-order valence-electron chi connectivity index (χ0n) is 19.0. The van der Waals surface area contributed by atoms with Crippen LogP contribution in [0.4, 0.5) is 11.4 Å². The lowest BCUT2D eigenvalue weighted by Crippen LogP contribution is -2.32. The highest BCUT2D eigenvalue weighted by Crippen LogP contribution is 2.56. The van der Waals surface area contributed by atoms with E-state index in [0.29, 0.717) is 23.3 Å². The third-order valence-corrected chi connectivity index (χ3v) is 8.11. The number of nitrogens with zero attached hydrogens (tertiary/aromatic N) is 2. The SMILES string of the molecule is Cc1ccccc1N1C[C@H](C(=O)Oc2ccc(N3C(=O)[C@@H]4[C@H]5CC[C@@H](C5)[C@H]4C3=O)cc2)CC1=O. The smallest absolute Gasteiger partial charge is 0.316 e. The molecule has 0 spiro atoms. The van der Waals surface area contributed by atoms with Gasteiger partial charge in [0, 0.05) is 18.7 Å². The summed E-state index contributed by atoms with van der Waals surface area (Å²) in [5.41, 5.74) is 2.30. The summed E-state index contributed by atoms with van der Waals surface area (Å²) in [6.07, 6.45) is 3.19. The van der Waals surface area contributed by atoms with Gasteiger partial charge in [0.1, 0.15) is 5.75 Å². The summed E-state index contributed by atoms with van der Waals surface area (Å²) in [5, 5.41) is 0. The van der Waals surface area contributed by atoms with Crippen LogP contribution >= 0.6 is 0 Å². The standard InChI is InChI=1S/C27H26N2O5/c1-15-4-2-3-5-21(15)28-14-18(13-22(28)30)27(33)34-20-10-8-19(9-11-20)29-25(31)23-16-6-7-17(12-16)24(23)26(29)32/h2-5,8-11,16-18,23-24H,6-7,12-14H2,1H3/t16-,17-,18+,23+,24+/m0/s1. The monoisotopic (exact) mass is 458 g/mol. The molecule has 2 aliphatic heterocycles. The van der Waals surface area contributed by atoms with Crippen LogP contribution in [0.1, 0.15) is 31.2 Å². The van der Waals surface area contributed by atoms with Crippen molar-refractivity contribution in [2.75, 3.05) is 16.3 Å². The van der Waals surface area contributed by atoms with Gasteiger partial charge in [-0.3, -0.25) is 24.1 Å². The first kappa shape index (κ1) is 21.1. The van der Waals surface area contributed by atoms with Gasteiger partial charge in [0.2, 0.25) is 17.7 Å². The first-order valence-corrected chi connectivity index (χ1v) is 12.0. The highest BCUT2D eigenvalue weighted by molar-refractivity contribution is 6.22. The Balaban J connectivity index is 1.13. The van der Waals surface area contributed by atoms with Crippen LogP contribution in [-0.4, -0.2) is 30.2 Å². The van der Waals surface area contributed by atoms with Crippen molar-refractivity contribution in [2.24, 2.45) is 29.6 Å². The molecule has 0 unspecified atom stereocenters. The number of benzene rings is 2.